The van der Waals surface area contributed by atoms with Crippen molar-refractivity contribution in [2.24, 2.45) is 0 Å². The van der Waals surface area contributed by atoms with Crippen molar-refractivity contribution in [3.63, 3.8) is 0 Å². The van der Waals surface area contributed by atoms with E-state index in [1.54, 1.807) is 6.07 Å². The first-order valence-electron chi connectivity index (χ1n) is 9.36. The molecule has 0 unspecified atom stereocenters. The SMILES string of the molecule is O=C(NNS(=O)(=O)c1ccc2c(c1)OCCCO2)c1cc2c(s1)CCCCC2. The summed E-state index contributed by atoms with van der Waals surface area (Å²) in [6.07, 6.45) is 6.15. The van der Waals surface area contributed by atoms with Crippen LogP contribution in [-0.2, 0) is 22.9 Å². The average Bonchev–Trinajstić information content (AvgIpc) is 2.85. The number of rotatable bonds is 4. The molecule has 0 radical (unpaired) electrons. The molecule has 9 heteroatoms. The Kier molecular flexibility index (Phi) is 5.56. The molecule has 2 heterocycles. The van der Waals surface area contributed by atoms with Crippen LogP contribution in [0.3, 0.4) is 0 Å². The van der Waals surface area contributed by atoms with Crippen LogP contribution < -0.4 is 19.7 Å². The highest BCUT2D eigenvalue weighted by molar-refractivity contribution is 7.89. The minimum atomic E-state index is -3.93. The predicted molar refractivity (Wildman–Crippen MR) is 105 cm³/mol. The number of amides is 1. The molecule has 2 aliphatic rings. The van der Waals surface area contributed by atoms with Crippen LogP contribution in [0.15, 0.2) is 29.2 Å². The van der Waals surface area contributed by atoms with E-state index in [2.05, 4.69) is 10.3 Å². The molecule has 0 fully saturated rings. The smallest absolute Gasteiger partial charge is 0.276 e. The zero-order valence-corrected chi connectivity index (χ0v) is 17.0. The van der Waals surface area contributed by atoms with Gasteiger partial charge in [0.1, 0.15) is 0 Å². The highest BCUT2D eigenvalue weighted by Gasteiger charge is 2.21. The molecular formula is C19H22N2O5S2. The Hall–Kier alpha value is -2.10. The Balaban J connectivity index is 1.45. The molecule has 0 saturated carbocycles. The molecule has 28 heavy (non-hydrogen) atoms. The van der Waals surface area contributed by atoms with E-state index in [-0.39, 0.29) is 4.90 Å². The lowest BCUT2D eigenvalue weighted by atomic mass is 10.1. The molecule has 1 aliphatic heterocycles. The largest absolute Gasteiger partial charge is 0.490 e. The van der Waals surface area contributed by atoms with Gasteiger partial charge in [-0.15, -0.1) is 16.2 Å². The maximum Gasteiger partial charge on any atom is 0.276 e. The van der Waals surface area contributed by atoms with Crippen LogP contribution in [0.2, 0.25) is 0 Å². The van der Waals surface area contributed by atoms with Crippen molar-refractivity contribution in [1.82, 2.24) is 10.3 Å². The van der Waals surface area contributed by atoms with Gasteiger partial charge in [0.05, 0.1) is 23.0 Å². The van der Waals surface area contributed by atoms with Crippen LogP contribution in [0, 0.1) is 0 Å². The van der Waals surface area contributed by atoms with Crippen molar-refractivity contribution in [3.05, 3.63) is 39.6 Å². The van der Waals surface area contributed by atoms with E-state index in [1.165, 1.54) is 40.3 Å². The molecule has 1 aromatic carbocycles. The fourth-order valence-corrected chi connectivity index (χ4v) is 5.33. The average molecular weight is 423 g/mol. The van der Waals surface area contributed by atoms with Crippen molar-refractivity contribution in [2.75, 3.05) is 13.2 Å². The normalized spacial score (nSPS) is 16.6. The number of hydrazine groups is 1. The third-order valence-corrected chi connectivity index (χ3v) is 7.28. The van der Waals surface area contributed by atoms with Crippen LogP contribution >= 0.6 is 11.3 Å². The number of hydrogen-bond donors (Lipinski definition) is 2. The standard InChI is InChI=1S/C19H22N2O5S2/c22-19(18-11-13-5-2-1-3-6-17(13)27-18)20-21-28(23,24)14-7-8-15-16(12-14)26-10-4-9-25-15/h7-8,11-12,21H,1-6,9-10H2,(H,20,22). The quantitative estimate of drug-likeness (QED) is 0.584. The zero-order chi connectivity index (χ0) is 19.6. The Morgan fingerprint density at radius 2 is 1.75 bits per heavy atom. The molecule has 0 spiro atoms. The van der Waals surface area contributed by atoms with E-state index in [1.807, 2.05) is 6.07 Å². The number of aryl methyl sites for hydroxylation is 2. The lowest BCUT2D eigenvalue weighted by Gasteiger charge is -2.11. The van der Waals surface area contributed by atoms with Crippen LogP contribution in [-0.4, -0.2) is 27.5 Å². The van der Waals surface area contributed by atoms with E-state index in [0.717, 1.165) is 32.1 Å². The van der Waals surface area contributed by atoms with Gasteiger partial charge in [-0.3, -0.25) is 10.2 Å². The van der Waals surface area contributed by atoms with Crippen molar-refractivity contribution >= 4 is 27.3 Å². The maximum atomic E-state index is 12.6. The van der Waals surface area contributed by atoms with Gasteiger partial charge in [0.25, 0.3) is 15.9 Å². The number of benzene rings is 1. The van der Waals surface area contributed by atoms with Gasteiger partial charge in [0, 0.05) is 17.4 Å². The highest BCUT2D eigenvalue weighted by Crippen LogP contribution is 2.32. The number of carbonyl (C=O) groups is 1. The Bertz CT molecular complexity index is 961. The summed E-state index contributed by atoms with van der Waals surface area (Å²) in [7, 11) is -3.93. The maximum absolute atomic E-state index is 12.6. The first-order valence-corrected chi connectivity index (χ1v) is 11.7. The first kappa shape index (κ1) is 19.2. The van der Waals surface area contributed by atoms with Gasteiger partial charge in [0.15, 0.2) is 11.5 Å². The number of ether oxygens (including phenoxy) is 2. The van der Waals surface area contributed by atoms with Gasteiger partial charge < -0.3 is 9.47 Å². The van der Waals surface area contributed by atoms with Crippen molar-refractivity contribution in [2.45, 2.75) is 43.4 Å². The molecule has 150 valence electrons. The molecule has 0 atom stereocenters. The topological polar surface area (TPSA) is 93.7 Å². The third kappa shape index (κ3) is 4.16. The van der Waals surface area contributed by atoms with Crippen LogP contribution in [0.5, 0.6) is 11.5 Å². The van der Waals surface area contributed by atoms with Crippen LogP contribution in [0.4, 0.5) is 0 Å². The molecule has 1 aliphatic carbocycles. The summed E-state index contributed by atoms with van der Waals surface area (Å²) in [5, 5.41) is 0. The molecule has 7 nitrogen and oxygen atoms in total. The minimum absolute atomic E-state index is 0.000915. The number of hydrogen-bond acceptors (Lipinski definition) is 6. The van der Waals surface area contributed by atoms with Gasteiger partial charge >= 0.3 is 0 Å². The van der Waals surface area contributed by atoms with E-state index in [9.17, 15) is 13.2 Å². The second kappa shape index (κ2) is 8.10. The van der Waals surface area contributed by atoms with Gasteiger partial charge in [-0.1, -0.05) is 6.42 Å². The fraction of sp³-hybridized carbons (Fsp3) is 0.421. The number of fused-ring (bicyclic) bond motifs is 2. The molecule has 2 N–H and O–H groups in total. The molecule has 4 rings (SSSR count). The van der Waals surface area contributed by atoms with E-state index >= 15 is 0 Å². The summed E-state index contributed by atoms with van der Waals surface area (Å²) in [4.78, 5) is 16.4. The second-order valence-electron chi connectivity index (χ2n) is 6.84. The Labute approximate surface area is 168 Å². The lowest BCUT2D eigenvalue weighted by Crippen LogP contribution is -2.41. The first-order chi connectivity index (χ1) is 13.5. The summed E-state index contributed by atoms with van der Waals surface area (Å²) in [6.45, 7) is 0.988. The number of thiophene rings is 1. The van der Waals surface area contributed by atoms with Gasteiger partial charge in [-0.05, 0) is 49.4 Å². The fourth-order valence-electron chi connectivity index (χ4n) is 3.32. The van der Waals surface area contributed by atoms with E-state index in [0.29, 0.717) is 29.6 Å². The van der Waals surface area contributed by atoms with Crippen molar-refractivity contribution in [1.29, 1.82) is 0 Å². The lowest BCUT2D eigenvalue weighted by molar-refractivity contribution is 0.0949. The molecule has 1 amide bonds. The summed E-state index contributed by atoms with van der Waals surface area (Å²) >= 11 is 1.44. The monoisotopic (exact) mass is 422 g/mol. The summed E-state index contributed by atoms with van der Waals surface area (Å²) in [5.74, 6) is 0.449. The third-order valence-electron chi connectivity index (χ3n) is 4.80. The molecule has 0 bridgehead atoms. The van der Waals surface area contributed by atoms with E-state index < -0.39 is 15.9 Å². The Morgan fingerprint density at radius 3 is 2.61 bits per heavy atom. The van der Waals surface area contributed by atoms with Crippen molar-refractivity contribution < 1.29 is 22.7 Å². The predicted octanol–water partition coefficient (Wildman–Crippen LogP) is 2.80. The van der Waals surface area contributed by atoms with Crippen LogP contribution in [0.25, 0.3) is 0 Å². The van der Waals surface area contributed by atoms with Gasteiger partial charge in [0.2, 0.25) is 0 Å². The highest BCUT2D eigenvalue weighted by atomic mass is 32.2. The van der Waals surface area contributed by atoms with Crippen LogP contribution in [0.1, 0.15) is 45.8 Å². The minimum Gasteiger partial charge on any atom is -0.490 e. The zero-order valence-electron chi connectivity index (χ0n) is 15.3. The van der Waals surface area contributed by atoms with Crippen molar-refractivity contribution in [3.8, 4) is 11.5 Å². The number of nitrogens with one attached hydrogen (secondary N) is 2. The second-order valence-corrected chi connectivity index (χ2v) is 9.66. The molecule has 0 saturated heterocycles. The molecule has 2 aromatic rings. The van der Waals surface area contributed by atoms with Gasteiger partial charge in [-0.2, -0.15) is 0 Å². The summed E-state index contributed by atoms with van der Waals surface area (Å²) in [5.41, 5.74) is 3.52. The number of sulfonamides is 1. The Morgan fingerprint density at radius 1 is 0.964 bits per heavy atom. The molecule has 1 aromatic heterocycles. The number of carbonyl (C=O) groups excluding carboxylic acids is 1. The van der Waals surface area contributed by atoms with E-state index in [4.69, 9.17) is 9.47 Å². The molecular weight excluding hydrogens is 400 g/mol. The summed E-state index contributed by atoms with van der Waals surface area (Å²) < 4.78 is 36.2. The summed E-state index contributed by atoms with van der Waals surface area (Å²) in [6, 6.07) is 6.27. The van der Waals surface area contributed by atoms with Gasteiger partial charge in [-0.25, -0.2) is 8.42 Å².